The maximum atomic E-state index is 6.30. The lowest BCUT2D eigenvalue weighted by molar-refractivity contribution is 0.357. The van der Waals surface area contributed by atoms with Crippen molar-refractivity contribution in [1.82, 2.24) is 5.23 Å². The number of hydrogen-bond donors (Lipinski definition) is 1. The minimum Gasteiger partial charge on any atom is -0.354 e. The topological polar surface area (TPSA) is 12.0 Å². The second-order valence-corrected chi connectivity index (χ2v) is 7.16. The third-order valence-electron chi connectivity index (χ3n) is 5.52. The standard InChI is InChI=1S/C24H22BN/c1-17(2)24(26-25,22-15-7-11-18-9-3-5-13-20(18)22)23-16-8-12-19-10-4-6-14-21(19)23/h3-17,26H,1-2H3. The van der Waals surface area contributed by atoms with Gasteiger partial charge in [0.05, 0.1) is 5.54 Å². The SMILES string of the molecule is [B]NC(c1cccc2ccccc12)(c1cccc2ccccc12)C(C)C. The molecular formula is C24H22BN. The van der Waals surface area contributed by atoms with Crippen LogP contribution in [0.2, 0.25) is 0 Å². The van der Waals surface area contributed by atoms with Gasteiger partial charge in [-0.15, -0.1) is 0 Å². The van der Waals surface area contributed by atoms with Crippen molar-refractivity contribution in [3.63, 3.8) is 0 Å². The molecule has 0 aliphatic rings. The van der Waals surface area contributed by atoms with Crippen molar-refractivity contribution >= 4 is 29.5 Å². The van der Waals surface area contributed by atoms with Crippen molar-refractivity contribution in [2.45, 2.75) is 19.4 Å². The van der Waals surface area contributed by atoms with Gasteiger partial charge in [-0.05, 0) is 38.6 Å². The van der Waals surface area contributed by atoms with Crippen LogP contribution in [0.3, 0.4) is 0 Å². The van der Waals surface area contributed by atoms with Crippen LogP contribution in [0.4, 0.5) is 0 Å². The number of rotatable bonds is 4. The van der Waals surface area contributed by atoms with Crippen molar-refractivity contribution in [3.05, 3.63) is 96.1 Å². The molecule has 1 N–H and O–H groups in total. The van der Waals surface area contributed by atoms with Gasteiger partial charge in [0.2, 0.25) is 0 Å². The first kappa shape index (κ1) is 16.9. The second kappa shape index (κ2) is 6.62. The number of hydrogen-bond acceptors (Lipinski definition) is 1. The first-order chi connectivity index (χ1) is 12.7. The molecule has 0 fully saturated rings. The predicted octanol–water partition coefficient (Wildman–Crippen LogP) is 5.57. The van der Waals surface area contributed by atoms with Gasteiger partial charge in [0.15, 0.2) is 7.98 Å². The molecule has 0 aliphatic carbocycles. The largest absolute Gasteiger partial charge is 0.354 e. The third kappa shape index (κ3) is 2.45. The summed E-state index contributed by atoms with van der Waals surface area (Å²) in [6.07, 6.45) is 0. The van der Waals surface area contributed by atoms with Crippen molar-refractivity contribution in [2.75, 3.05) is 0 Å². The molecule has 0 aliphatic heterocycles. The molecule has 2 radical (unpaired) electrons. The molecule has 26 heavy (non-hydrogen) atoms. The maximum Gasteiger partial charge on any atom is 0.179 e. The molecule has 4 aromatic rings. The van der Waals surface area contributed by atoms with Crippen LogP contribution in [0.25, 0.3) is 21.5 Å². The monoisotopic (exact) mass is 335 g/mol. The number of fused-ring (bicyclic) bond motifs is 2. The highest BCUT2D eigenvalue weighted by atomic mass is 14.9. The van der Waals surface area contributed by atoms with Gasteiger partial charge in [-0.25, -0.2) is 0 Å². The Bertz CT molecular complexity index is 978. The molecular weight excluding hydrogens is 313 g/mol. The van der Waals surface area contributed by atoms with E-state index in [0.29, 0.717) is 0 Å². The van der Waals surface area contributed by atoms with Crippen LogP contribution in [-0.4, -0.2) is 7.98 Å². The van der Waals surface area contributed by atoms with Crippen LogP contribution in [0.5, 0.6) is 0 Å². The molecule has 4 aromatic carbocycles. The van der Waals surface area contributed by atoms with E-state index in [0.717, 1.165) is 0 Å². The lowest BCUT2D eigenvalue weighted by atomic mass is 9.70. The number of nitrogens with one attached hydrogen (secondary N) is 1. The van der Waals surface area contributed by atoms with Crippen LogP contribution in [0, 0.1) is 5.92 Å². The highest BCUT2D eigenvalue weighted by molar-refractivity contribution is 6.06. The van der Waals surface area contributed by atoms with E-state index in [4.69, 9.17) is 7.98 Å². The van der Waals surface area contributed by atoms with Crippen LogP contribution < -0.4 is 5.23 Å². The van der Waals surface area contributed by atoms with Crippen molar-refractivity contribution in [1.29, 1.82) is 0 Å². The van der Waals surface area contributed by atoms with Crippen molar-refractivity contribution < 1.29 is 0 Å². The fourth-order valence-electron chi connectivity index (χ4n) is 4.23. The summed E-state index contributed by atoms with van der Waals surface area (Å²) in [6.45, 7) is 4.45. The van der Waals surface area contributed by atoms with Crippen LogP contribution in [-0.2, 0) is 5.54 Å². The molecule has 126 valence electrons. The van der Waals surface area contributed by atoms with Gasteiger partial charge in [0.1, 0.15) is 0 Å². The summed E-state index contributed by atoms with van der Waals surface area (Å²) in [5.74, 6) is 0.254. The zero-order valence-corrected chi connectivity index (χ0v) is 15.2. The molecule has 4 rings (SSSR count). The highest BCUT2D eigenvalue weighted by Gasteiger charge is 2.37. The Morgan fingerprint density at radius 1 is 0.654 bits per heavy atom. The molecule has 2 heteroatoms. The fourth-order valence-corrected chi connectivity index (χ4v) is 4.23. The Kier molecular flexibility index (Phi) is 4.30. The molecule has 0 aromatic heterocycles. The third-order valence-corrected chi connectivity index (χ3v) is 5.52. The average molecular weight is 335 g/mol. The van der Waals surface area contributed by atoms with Crippen LogP contribution in [0.15, 0.2) is 84.9 Å². The van der Waals surface area contributed by atoms with Crippen molar-refractivity contribution in [2.24, 2.45) is 5.92 Å². The highest BCUT2D eigenvalue weighted by Crippen LogP contribution is 2.42. The number of benzene rings is 4. The van der Waals surface area contributed by atoms with E-state index in [2.05, 4.69) is 104 Å². The summed E-state index contributed by atoms with van der Waals surface area (Å²) in [4.78, 5) is 0. The van der Waals surface area contributed by atoms with Crippen LogP contribution in [0.1, 0.15) is 25.0 Å². The zero-order valence-electron chi connectivity index (χ0n) is 15.2. The maximum absolute atomic E-state index is 6.30. The first-order valence-electron chi connectivity index (χ1n) is 9.12. The Balaban J connectivity index is 2.12. The first-order valence-corrected chi connectivity index (χ1v) is 9.12. The Morgan fingerprint density at radius 2 is 1.08 bits per heavy atom. The Morgan fingerprint density at radius 3 is 1.50 bits per heavy atom. The smallest absolute Gasteiger partial charge is 0.179 e. The molecule has 0 saturated heterocycles. The van der Waals surface area contributed by atoms with Gasteiger partial charge in [0.25, 0.3) is 0 Å². The molecule has 0 bridgehead atoms. The van der Waals surface area contributed by atoms with Gasteiger partial charge in [-0.2, -0.15) is 0 Å². The summed E-state index contributed by atoms with van der Waals surface area (Å²) < 4.78 is 0. The quantitative estimate of drug-likeness (QED) is 0.481. The van der Waals surface area contributed by atoms with E-state index in [1.54, 1.807) is 0 Å². The van der Waals surface area contributed by atoms with E-state index in [-0.39, 0.29) is 5.92 Å². The van der Waals surface area contributed by atoms with Gasteiger partial charge < -0.3 is 5.23 Å². The minimum absolute atomic E-state index is 0.254. The minimum atomic E-state index is -0.484. The lowest BCUT2D eigenvalue weighted by Crippen LogP contribution is -2.47. The summed E-state index contributed by atoms with van der Waals surface area (Å²) in [6, 6.07) is 30.0. The summed E-state index contributed by atoms with van der Waals surface area (Å²) in [5, 5.41) is 8.15. The summed E-state index contributed by atoms with van der Waals surface area (Å²) in [7, 11) is 6.30. The molecule has 0 amide bonds. The Labute approximate surface area is 156 Å². The zero-order chi connectivity index (χ0) is 18.1. The molecule has 0 heterocycles. The summed E-state index contributed by atoms with van der Waals surface area (Å²) >= 11 is 0. The van der Waals surface area contributed by atoms with E-state index in [1.807, 2.05) is 0 Å². The Hall–Kier alpha value is -2.58. The normalized spacial score (nSPS) is 12.1. The molecule has 1 nitrogen and oxygen atoms in total. The van der Waals surface area contributed by atoms with E-state index in [1.165, 1.54) is 32.7 Å². The van der Waals surface area contributed by atoms with Gasteiger partial charge in [-0.3, -0.25) is 0 Å². The lowest BCUT2D eigenvalue weighted by Gasteiger charge is -2.41. The average Bonchev–Trinajstić information content (AvgIpc) is 2.69. The molecule has 0 atom stereocenters. The predicted molar refractivity (Wildman–Crippen MR) is 112 cm³/mol. The van der Waals surface area contributed by atoms with Gasteiger partial charge in [0, 0.05) is 0 Å². The second-order valence-electron chi connectivity index (χ2n) is 7.16. The van der Waals surface area contributed by atoms with E-state index < -0.39 is 5.54 Å². The molecule has 0 unspecified atom stereocenters. The molecule has 0 saturated carbocycles. The summed E-state index contributed by atoms with van der Waals surface area (Å²) in [5.41, 5.74) is 1.94. The van der Waals surface area contributed by atoms with Gasteiger partial charge >= 0.3 is 0 Å². The van der Waals surface area contributed by atoms with Crippen LogP contribution >= 0.6 is 0 Å². The fraction of sp³-hybridized carbons (Fsp3) is 0.167. The van der Waals surface area contributed by atoms with Crippen molar-refractivity contribution in [3.8, 4) is 0 Å². The van der Waals surface area contributed by atoms with Gasteiger partial charge in [-0.1, -0.05) is 98.8 Å². The van der Waals surface area contributed by atoms with E-state index >= 15 is 0 Å². The molecule has 0 spiro atoms. The van der Waals surface area contributed by atoms with E-state index in [9.17, 15) is 0 Å².